The molecule has 1 aromatic rings. The highest BCUT2D eigenvalue weighted by molar-refractivity contribution is 9.10. The molecule has 1 heterocycles. The first-order chi connectivity index (χ1) is 10.5. The maximum Gasteiger partial charge on any atom is 0.226 e. The lowest BCUT2D eigenvalue weighted by atomic mass is 9.89. The molecule has 1 fully saturated rings. The Morgan fingerprint density at radius 2 is 2.00 bits per heavy atom. The molecule has 0 aromatic heterocycles. The van der Waals surface area contributed by atoms with E-state index >= 15 is 0 Å². The Bertz CT molecular complexity index is 496. The zero-order valence-corrected chi connectivity index (χ0v) is 15.2. The number of carbonyl (C=O) groups is 1. The summed E-state index contributed by atoms with van der Waals surface area (Å²) in [6.45, 7) is 5.90. The second kappa shape index (κ2) is 8.11. The molecule has 122 valence electrons. The molecular weight excluding hydrogens is 340 g/mol. The summed E-state index contributed by atoms with van der Waals surface area (Å²) >= 11 is 3.58. The quantitative estimate of drug-likeness (QED) is 0.864. The summed E-state index contributed by atoms with van der Waals surface area (Å²) in [7, 11) is 0. The fourth-order valence-corrected chi connectivity index (χ4v) is 3.69. The highest BCUT2D eigenvalue weighted by Crippen LogP contribution is 2.25. The Hall–Kier alpha value is -0.870. The van der Waals surface area contributed by atoms with E-state index in [2.05, 4.69) is 35.8 Å². The molecule has 3 nitrogen and oxygen atoms in total. The summed E-state index contributed by atoms with van der Waals surface area (Å²) in [4.78, 5) is 14.8. The third kappa shape index (κ3) is 4.32. The highest BCUT2D eigenvalue weighted by atomic mass is 79.9. The molecule has 22 heavy (non-hydrogen) atoms. The molecule has 1 amide bonds. The first-order valence-corrected chi connectivity index (χ1v) is 9.10. The van der Waals surface area contributed by atoms with Crippen molar-refractivity contribution in [2.75, 3.05) is 13.1 Å². The maximum atomic E-state index is 12.8. The number of likely N-dealkylation sites (tertiary alicyclic amines) is 1. The van der Waals surface area contributed by atoms with Crippen LogP contribution in [-0.2, 0) is 11.2 Å². The third-order valence-electron chi connectivity index (χ3n) is 4.86. The van der Waals surface area contributed by atoms with Gasteiger partial charge in [-0.3, -0.25) is 4.79 Å². The van der Waals surface area contributed by atoms with Crippen LogP contribution in [0.2, 0.25) is 0 Å². The smallest absolute Gasteiger partial charge is 0.226 e. The van der Waals surface area contributed by atoms with E-state index in [1.807, 2.05) is 23.1 Å². The summed E-state index contributed by atoms with van der Waals surface area (Å²) < 4.78 is 1.09. The fraction of sp³-hybridized carbons (Fsp3) is 0.611. The lowest BCUT2D eigenvalue weighted by molar-refractivity contribution is -0.137. The lowest BCUT2D eigenvalue weighted by Crippen LogP contribution is -2.45. The first kappa shape index (κ1) is 17.5. The van der Waals surface area contributed by atoms with Crippen molar-refractivity contribution in [3.63, 3.8) is 0 Å². The molecule has 0 saturated carbocycles. The number of piperidine rings is 1. The molecule has 2 atom stereocenters. The second-order valence-electron chi connectivity index (χ2n) is 6.42. The first-order valence-electron chi connectivity index (χ1n) is 8.30. The monoisotopic (exact) mass is 366 g/mol. The molecule has 0 bridgehead atoms. The average Bonchev–Trinajstić information content (AvgIpc) is 2.53. The van der Waals surface area contributed by atoms with Crippen molar-refractivity contribution >= 4 is 21.8 Å². The number of halogens is 1. The van der Waals surface area contributed by atoms with E-state index in [1.54, 1.807) is 0 Å². The van der Waals surface area contributed by atoms with Crippen LogP contribution in [0.5, 0.6) is 0 Å². The van der Waals surface area contributed by atoms with E-state index in [-0.39, 0.29) is 12.0 Å². The molecule has 0 radical (unpaired) electrons. The van der Waals surface area contributed by atoms with Crippen molar-refractivity contribution in [1.29, 1.82) is 0 Å². The van der Waals surface area contributed by atoms with Gasteiger partial charge in [-0.15, -0.1) is 0 Å². The third-order valence-corrected chi connectivity index (χ3v) is 5.63. The second-order valence-corrected chi connectivity index (χ2v) is 7.28. The van der Waals surface area contributed by atoms with E-state index < -0.39 is 0 Å². The van der Waals surface area contributed by atoms with Crippen LogP contribution >= 0.6 is 15.9 Å². The van der Waals surface area contributed by atoms with Crippen molar-refractivity contribution in [3.05, 3.63) is 34.3 Å². The van der Waals surface area contributed by atoms with Crippen LogP contribution in [-0.4, -0.2) is 29.9 Å². The van der Waals surface area contributed by atoms with Crippen LogP contribution in [0, 0.1) is 11.8 Å². The van der Waals surface area contributed by atoms with Gasteiger partial charge in [0, 0.05) is 29.5 Å². The van der Waals surface area contributed by atoms with Crippen molar-refractivity contribution in [2.45, 2.75) is 45.6 Å². The predicted octanol–water partition coefficient (Wildman–Crippen LogP) is 3.60. The van der Waals surface area contributed by atoms with Crippen molar-refractivity contribution in [1.82, 2.24) is 4.90 Å². The van der Waals surface area contributed by atoms with Gasteiger partial charge < -0.3 is 10.6 Å². The van der Waals surface area contributed by atoms with Crippen LogP contribution in [0.15, 0.2) is 28.7 Å². The minimum Gasteiger partial charge on any atom is -0.342 e. The molecule has 2 unspecified atom stereocenters. The van der Waals surface area contributed by atoms with E-state index in [4.69, 9.17) is 5.73 Å². The molecule has 1 saturated heterocycles. The van der Waals surface area contributed by atoms with Gasteiger partial charge >= 0.3 is 0 Å². The van der Waals surface area contributed by atoms with E-state index in [1.165, 1.54) is 5.56 Å². The Morgan fingerprint density at radius 3 is 2.55 bits per heavy atom. The number of rotatable bonds is 5. The Labute approximate surface area is 142 Å². The van der Waals surface area contributed by atoms with E-state index in [9.17, 15) is 4.79 Å². The number of carbonyl (C=O) groups excluding carboxylic acids is 1. The summed E-state index contributed by atoms with van der Waals surface area (Å²) in [6, 6.07) is 8.42. The molecule has 1 aliphatic heterocycles. The predicted molar refractivity (Wildman–Crippen MR) is 94.6 cm³/mol. The summed E-state index contributed by atoms with van der Waals surface area (Å²) in [5.41, 5.74) is 7.20. The standard InChI is InChI=1S/C18H27BrN2O/c1-3-14(12-16-6-4-5-7-17(16)19)18(22)21-10-8-15(9-11-21)13(2)20/h4-7,13-15H,3,8-12,20H2,1-2H3. The van der Waals surface area contributed by atoms with Crippen LogP contribution < -0.4 is 5.73 Å². The molecule has 0 spiro atoms. The maximum absolute atomic E-state index is 12.8. The van der Waals surface area contributed by atoms with E-state index in [0.29, 0.717) is 11.8 Å². The van der Waals surface area contributed by atoms with Gasteiger partial charge in [-0.1, -0.05) is 41.1 Å². The minimum atomic E-state index is 0.0746. The zero-order valence-electron chi connectivity index (χ0n) is 13.6. The molecule has 0 aliphatic carbocycles. The van der Waals surface area contributed by atoms with Crippen molar-refractivity contribution in [3.8, 4) is 0 Å². The van der Waals surface area contributed by atoms with Gasteiger partial charge in [-0.2, -0.15) is 0 Å². The van der Waals surface area contributed by atoms with Gasteiger partial charge in [0.1, 0.15) is 0 Å². The highest BCUT2D eigenvalue weighted by Gasteiger charge is 2.28. The molecular formula is C18H27BrN2O. The van der Waals surface area contributed by atoms with Crippen molar-refractivity contribution < 1.29 is 4.79 Å². The minimum absolute atomic E-state index is 0.0746. The van der Waals surface area contributed by atoms with E-state index in [0.717, 1.165) is 43.2 Å². The molecule has 2 rings (SSSR count). The number of nitrogens with two attached hydrogens (primary N) is 1. The van der Waals surface area contributed by atoms with Gasteiger partial charge in [0.05, 0.1) is 0 Å². The molecule has 1 aliphatic rings. The van der Waals surface area contributed by atoms with Gasteiger partial charge in [-0.25, -0.2) is 0 Å². The number of hydrogen-bond donors (Lipinski definition) is 1. The fourth-order valence-electron chi connectivity index (χ4n) is 3.24. The number of benzene rings is 1. The Balaban J connectivity index is 1.97. The van der Waals surface area contributed by atoms with Crippen molar-refractivity contribution in [2.24, 2.45) is 17.6 Å². The summed E-state index contributed by atoms with van der Waals surface area (Å²) in [5, 5.41) is 0. The number of hydrogen-bond acceptors (Lipinski definition) is 2. The van der Waals surface area contributed by atoms with Gasteiger partial charge in [-0.05, 0) is 50.2 Å². The molecule has 4 heteroatoms. The van der Waals surface area contributed by atoms with Gasteiger partial charge in [0.2, 0.25) is 5.91 Å². The summed E-state index contributed by atoms with van der Waals surface area (Å²) in [6.07, 6.45) is 3.76. The van der Waals surface area contributed by atoms with Crippen LogP contribution in [0.1, 0.15) is 38.7 Å². The topological polar surface area (TPSA) is 46.3 Å². The SMILES string of the molecule is CCC(Cc1ccccc1Br)C(=O)N1CCC(C(C)N)CC1. The van der Waals surface area contributed by atoms with Crippen LogP contribution in [0.3, 0.4) is 0 Å². The molecule has 1 aromatic carbocycles. The van der Waals surface area contributed by atoms with Crippen LogP contribution in [0.25, 0.3) is 0 Å². The van der Waals surface area contributed by atoms with Gasteiger partial charge in [0.15, 0.2) is 0 Å². The normalized spacial score (nSPS) is 19.0. The zero-order chi connectivity index (χ0) is 16.1. The number of nitrogens with zero attached hydrogens (tertiary/aromatic N) is 1. The average molecular weight is 367 g/mol. The molecule has 2 N–H and O–H groups in total. The largest absolute Gasteiger partial charge is 0.342 e. The Morgan fingerprint density at radius 1 is 1.36 bits per heavy atom. The summed E-state index contributed by atoms with van der Waals surface area (Å²) in [5.74, 6) is 0.944. The number of amides is 1. The lowest BCUT2D eigenvalue weighted by Gasteiger charge is -2.35. The van der Waals surface area contributed by atoms with Crippen LogP contribution in [0.4, 0.5) is 0 Å². The Kier molecular flexibility index (Phi) is 6.45. The van der Waals surface area contributed by atoms with Gasteiger partial charge in [0.25, 0.3) is 0 Å².